The lowest BCUT2D eigenvalue weighted by Gasteiger charge is -2.26. The molecule has 40 heavy (non-hydrogen) atoms. The molecule has 0 unspecified atom stereocenters. The molecular formula is C31H29N5O3S. The molecule has 9 heteroatoms. The van der Waals surface area contributed by atoms with E-state index in [0.717, 1.165) is 30.5 Å². The minimum absolute atomic E-state index is 0.105. The van der Waals surface area contributed by atoms with E-state index in [-0.39, 0.29) is 10.5 Å². The summed E-state index contributed by atoms with van der Waals surface area (Å²) in [5.41, 5.74) is 3.83. The zero-order chi connectivity index (χ0) is 28.1. The van der Waals surface area contributed by atoms with E-state index in [1.165, 1.54) is 10.4 Å². The maximum atomic E-state index is 13.4. The number of sulfonamides is 1. The molecule has 0 radical (unpaired) electrons. The molecule has 1 amide bonds. The third-order valence-electron chi connectivity index (χ3n) is 6.80. The highest BCUT2D eigenvalue weighted by molar-refractivity contribution is 7.89. The molecule has 0 atom stereocenters. The average Bonchev–Trinajstić information content (AvgIpc) is 3.42. The molecule has 3 aromatic carbocycles. The fraction of sp³-hybridized carbons (Fsp3) is 0.194. The molecule has 5 rings (SSSR count). The number of aromatic nitrogens is 2. The van der Waals surface area contributed by atoms with Crippen LogP contribution < -0.4 is 5.32 Å². The van der Waals surface area contributed by atoms with Crippen molar-refractivity contribution in [1.29, 1.82) is 5.26 Å². The fourth-order valence-electron chi connectivity index (χ4n) is 4.63. The van der Waals surface area contributed by atoms with Crippen molar-refractivity contribution in [2.45, 2.75) is 31.1 Å². The molecule has 1 aliphatic heterocycles. The van der Waals surface area contributed by atoms with Gasteiger partial charge in [-0.3, -0.25) is 4.79 Å². The number of carbonyl (C=O) groups excluding carboxylic acids is 1. The van der Waals surface area contributed by atoms with Gasteiger partial charge in [-0.05, 0) is 62.2 Å². The molecular weight excluding hydrogens is 522 g/mol. The Morgan fingerprint density at radius 1 is 0.975 bits per heavy atom. The van der Waals surface area contributed by atoms with Crippen molar-refractivity contribution in [2.75, 3.05) is 18.4 Å². The number of hydrogen-bond donors (Lipinski definition) is 1. The summed E-state index contributed by atoms with van der Waals surface area (Å²) in [5, 5.41) is 17.4. The summed E-state index contributed by atoms with van der Waals surface area (Å²) in [6, 6.07) is 25.4. The van der Waals surface area contributed by atoms with Crippen molar-refractivity contribution in [3.63, 3.8) is 0 Å². The van der Waals surface area contributed by atoms with Gasteiger partial charge < -0.3 is 5.32 Å². The van der Waals surface area contributed by atoms with E-state index >= 15 is 0 Å². The SMILES string of the molecule is Cc1ccc(NC(=O)/C(C#N)=C\c2cn(-c3ccccc3)nc2-c2cccc(S(=O)(=O)N3CCCCC3)c2)cc1. The van der Waals surface area contributed by atoms with Gasteiger partial charge in [0.25, 0.3) is 5.91 Å². The minimum atomic E-state index is -3.66. The number of benzene rings is 3. The van der Waals surface area contributed by atoms with E-state index < -0.39 is 15.9 Å². The molecule has 8 nitrogen and oxygen atoms in total. The van der Waals surface area contributed by atoms with Gasteiger partial charge >= 0.3 is 0 Å². The van der Waals surface area contributed by atoms with Crippen LogP contribution in [0.3, 0.4) is 0 Å². The number of nitriles is 1. The van der Waals surface area contributed by atoms with Crippen molar-refractivity contribution < 1.29 is 13.2 Å². The van der Waals surface area contributed by atoms with Crippen LogP contribution in [-0.4, -0.2) is 41.5 Å². The molecule has 1 saturated heterocycles. The molecule has 0 spiro atoms. The normalized spacial score (nSPS) is 14.4. The molecule has 0 aliphatic carbocycles. The maximum absolute atomic E-state index is 13.4. The second kappa shape index (κ2) is 11.7. The first-order valence-corrected chi connectivity index (χ1v) is 14.5. The lowest BCUT2D eigenvalue weighted by Crippen LogP contribution is -2.35. The number of anilines is 1. The summed E-state index contributed by atoms with van der Waals surface area (Å²) in [6.07, 6.45) is 5.93. The molecule has 4 aromatic rings. The zero-order valence-electron chi connectivity index (χ0n) is 22.1. The van der Waals surface area contributed by atoms with Crippen LogP contribution in [-0.2, 0) is 14.8 Å². The Bertz CT molecular complexity index is 1700. The molecule has 2 heterocycles. The van der Waals surface area contributed by atoms with E-state index in [2.05, 4.69) is 5.32 Å². The van der Waals surface area contributed by atoms with Crippen molar-refractivity contribution in [2.24, 2.45) is 0 Å². The summed E-state index contributed by atoms with van der Waals surface area (Å²) < 4.78 is 29.9. The van der Waals surface area contributed by atoms with Crippen LogP contribution in [0.4, 0.5) is 5.69 Å². The first kappa shape index (κ1) is 27.1. The van der Waals surface area contributed by atoms with Gasteiger partial charge in [0.1, 0.15) is 17.3 Å². The third-order valence-corrected chi connectivity index (χ3v) is 8.69. The van der Waals surface area contributed by atoms with E-state index in [1.54, 1.807) is 47.3 Å². The van der Waals surface area contributed by atoms with Crippen LogP contribution in [0.25, 0.3) is 23.0 Å². The highest BCUT2D eigenvalue weighted by Crippen LogP contribution is 2.29. The average molecular weight is 552 g/mol. The predicted octanol–water partition coefficient (Wildman–Crippen LogP) is 5.57. The van der Waals surface area contributed by atoms with Crippen LogP contribution >= 0.6 is 0 Å². The Labute approximate surface area is 234 Å². The van der Waals surface area contributed by atoms with Crippen LogP contribution in [0.15, 0.2) is 95.5 Å². The minimum Gasteiger partial charge on any atom is -0.321 e. The van der Waals surface area contributed by atoms with Crippen molar-refractivity contribution in [1.82, 2.24) is 14.1 Å². The molecule has 1 aliphatic rings. The van der Waals surface area contributed by atoms with Gasteiger partial charge in [0.2, 0.25) is 10.0 Å². The second-order valence-corrected chi connectivity index (χ2v) is 11.6. The number of nitrogens with zero attached hydrogens (tertiary/aromatic N) is 4. The Balaban J connectivity index is 1.55. The number of hydrogen-bond acceptors (Lipinski definition) is 5. The lowest BCUT2D eigenvalue weighted by atomic mass is 10.1. The Morgan fingerprint density at radius 3 is 2.40 bits per heavy atom. The standard InChI is InChI=1S/C31H29N5O3S/c1-23-13-15-27(16-14-23)33-31(37)25(21-32)19-26-22-36(28-10-4-2-5-11-28)34-30(26)24-9-8-12-29(20-24)40(38,39)35-17-6-3-7-18-35/h2,4-5,8-16,19-20,22H,3,6-7,17-18H2,1H3,(H,33,37)/b25-19-. The summed E-state index contributed by atoms with van der Waals surface area (Å²) in [4.78, 5) is 13.2. The molecule has 0 saturated carbocycles. The summed E-state index contributed by atoms with van der Waals surface area (Å²) in [6.45, 7) is 2.96. The number of amides is 1. The Morgan fingerprint density at radius 2 is 1.70 bits per heavy atom. The van der Waals surface area contributed by atoms with Gasteiger partial charge in [0.05, 0.1) is 10.6 Å². The van der Waals surface area contributed by atoms with Crippen LogP contribution in [0.1, 0.15) is 30.4 Å². The molecule has 1 N–H and O–H groups in total. The van der Waals surface area contributed by atoms with Gasteiger partial charge in [-0.15, -0.1) is 0 Å². The smallest absolute Gasteiger partial charge is 0.266 e. The number of aryl methyl sites for hydroxylation is 1. The predicted molar refractivity (Wildman–Crippen MR) is 155 cm³/mol. The molecule has 202 valence electrons. The van der Waals surface area contributed by atoms with Gasteiger partial charge in [0.15, 0.2) is 0 Å². The fourth-order valence-corrected chi connectivity index (χ4v) is 6.19. The first-order valence-electron chi connectivity index (χ1n) is 13.1. The zero-order valence-corrected chi connectivity index (χ0v) is 22.9. The molecule has 1 fully saturated rings. The van der Waals surface area contributed by atoms with E-state index in [4.69, 9.17) is 5.10 Å². The summed E-state index contributed by atoms with van der Waals surface area (Å²) >= 11 is 0. The highest BCUT2D eigenvalue weighted by Gasteiger charge is 2.26. The van der Waals surface area contributed by atoms with Gasteiger partial charge in [-0.1, -0.05) is 54.4 Å². The highest BCUT2D eigenvalue weighted by atomic mass is 32.2. The van der Waals surface area contributed by atoms with E-state index in [1.807, 2.05) is 55.5 Å². The molecule has 0 bridgehead atoms. The molecule has 1 aromatic heterocycles. The van der Waals surface area contributed by atoms with Crippen molar-refractivity contribution in [3.05, 3.63) is 102 Å². The quantitative estimate of drug-likeness (QED) is 0.239. The van der Waals surface area contributed by atoms with Crippen LogP contribution in [0.2, 0.25) is 0 Å². The van der Waals surface area contributed by atoms with Crippen molar-refractivity contribution >= 4 is 27.7 Å². The number of nitrogens with one attached hydrogen (secondary N) is 1. The summed E-state index contributed by atoms with van der Waals surface area (Å²) in [5.74, 6) is -0.550. The Kier molecular flexibility index (Phi) is 7.91. The van der Waals surface area contributed by atoms with Crippen LogP contribution in [0, 0.1) is 18.3 Å². The largest absolute Gasteiger partial charge is 0.321 e. The maximum Gasteiger partial charge on any atom is 0.266 e. The second-order valence-electron chi connectivity index (χ2n) is 9.70. The van der Waals surface area contributed by atoms with Crippen molar-refractivity contribution in [3.8, 4) is 23.0 Å². The Hall–Kier alpha value is -4.52. The van der Waals surface area contributed by atoms with Gasteiger partial charge in [-0.25, -0.2) is 13.1 Å². The monoisotopic (exact) mass is 551 g/mol. The van der Waals surface area contributed by atoms with E-state index in [0.29, 0.717) is 35.6 Å². The topological polar surface area (TPSA) is 108 Å². The number of rotatable bonds is 7. The van der Waals surface area contributed by atoms with Gasteiger partial charge in [-0.2, -0.15) is 14.7 Å². The van der Waals surface area contributed by atoms with E-state index in [9.17, 15) is 18.5 Å². The number of carbonyl (C=O) groups is 1. The first-order chi connectivity index (χ1) is 19.3. The summed E-state index contributed by atoms with van der Waals surface area (Å²) in [7, 11) is -3.66. The van der Waals surface area contributed by atoms with Crippen LogP contribution in [0.5, 0.6) is 0 Å². The number of piperidine rings is 1. The third kappa shape index (κ3) is 5.88. The van der Waals surface area contributed by atoms with Gasteiger partial charge in [0, 0.05) is 36.1 Å². The lowest BCUT2D eigenvalue weighted by molar-refractivity contribution is -0.112. The number of para-hydroxylation sites is 1.